The standard InChI is InChI=1S/C47H39N3O6/c51-45(22-17-33-28-48-42-10-4-1-7-39(33)42)54-36-20-15-31(16-21-36)13-14-32-25-37(55-46(52)23-18-34-29-49-43-11-5-2-8-40(34)43)27-38(26-32)56-47(53)24-19-35-30-50-44-12-6-3-9-41(35)44/h1-16,20-21,25-30,48-50H,17-19,22-24H2/b14-13+. The van der Waals surface area contributed by atoms with Crippen LogP contribution in [-0.4, -0.2) is 32.9 Å². The molecule has 9 heteroatoms. The van der Waals surface area contributed by atoms with Crippen LogP contribution in [-0.2, 0) is 33.6 Å². The van der Waals surface area contributed by atoms with Crippen LogP contribution in [0.5, 0.6) is 17.2 Å². The smallest absolute Gasteiger partial charge is 0.311 e. The Morgan fingerprint density at radius 2 is 0.804 bits per heavy atom. The molecule has 9 nitrogen and oxygen atoms in total. The van der Waals surface area contributed by atoms with E-state index in [-0.39, 0.29) is 36.7 Å². The number of aromatic amines is 3. The van der Waals surface area contributed by atoms with E-state index in [0.29, 0.717) is 30.6 Å². The van der Waals surface area contributed by atoms with Crippen molar-refractivity contribution in [1.29, 1.82) is 0 Å². The normalized spacial score (nSPS) is 11.4. The van der Waals surface area contributed by atoms with E-state index < -0.39 is 11.9 Å². The lowest BCUT2D eigenvalue weighted by atomic mass is 10.1. The molecule has 3 aromatic heterocycles. The summed E-state index contributed by atoms with van der Waals surface area (Å²) in [5.74, 6) is -0.126. The number of benzene rings is 5. The van der Waals surface area contributed by atoms with Crippen LogP contribution in [0.15, 0.2) is 134 Å². The Kier molecular flexibility index (Phi) is 10.6. The number of ether oxygens (including phenoxy) is 3. The van der Waals surface area contributed by atoms with Crippen LogP contribution in [0, 0.1) is 0 Å². The van der Waals surface area contributed by atoms with Gasteiger partial charge in [0.1, 0.15) is 17.2 Å². The van der Waals surface area contributed by atoms with Crippen molar-refractivity contribution in [3.05, 3.63) is 162 Å². The maximum Gasteiger partial charge on any atom is 0.311 e. The highest BCUT2D eigenvalue weighted by Gasteiger charge is 2.14. The highest BCUT2D eigenvalue weighted by Crippen LogP contribution is 2.28. The fraction of sp³-hybridized carbons (Fsp3) is 0.128. The Morgan fingerprint density at radius 3 is 1.23 bits per heavy atom. The lowest BCUT2D eigenvalue weighted by Gasteiger charge is -2.10. The van der Waals surface area contributed by atoms with Crippen molar-refractivity contribution in [2.24, 2.45) is 0 Å². The first kappa shape index (κ1) is 35.9. The number of esters is 3. The number of aryl methyl sites for hydroxylation is 3. The largest absolute Gasteiger partial charge is 0.427 e. The molecule has 0 amide bonds. The molecule has 8 rings (SSSR count). The minimum absolute atomic E-state index is 0.168. The molecule has 0 radical (unpaired) electrons. The first-order valence-electron chi connectivity index (χ1n) is 18.6. The van der Waals surface area contributed by atoms with Crippen molar-refractivity contribution < 1.29 is 28.6 Å². The summed E-state index contributed by atoms with van der Waals surface area (Å²) >= 11 is 0. The molecule has 56 heavy (non-hydrogen) atoms. The topological polar surface area (TPSA) is 126 Å². The minimum atomic E-state index is -0.403. The Bertz CT molecular complexity index is 2590. The average Bonchev–Trinajstić information content (AvgIpc) is 3.95. The molecular formula is C47H39N3O6. The number of fused-ring (bicyclic) bond motifs is 3. The minimum Gasteiger partial charge on any atom is -0.427 e. The summed E-state index contributed by atoms with van der Waals surface area (Å²) in [5.41, 5.74) is 7.72. The number of hydrogen-bond acceptors (Lipinski definition) is 6. The van der Waals surface area contributed by atoms with E-state index in [1.54, 1.807) is 30.3 Å². The second-order valence-electron chi connectivity index (χ2n) is 13.6. The molecule has 0 fully saturated rings. The number of carbonyl (C=O) groups is 3. The zero-order valence-corrected chi connectivity index (χ0v) is 30.5. The Morgan fingerprint density at radius 1 is 0.429 bits per heavy atom. The van der Waals surface area contributed by atoms with Gasteiger partial charge in [0.2, 0.25) is 0 Å². The first-order chi connectivity index (χ1) is 27.4. The number of nitrogens with one attached hydrogen (secondary N) is 3. The number of hydrogen-bond donors (Lipinski definition) is 3. The third kappa shape index (κ3) is 8.63. The quantitative estimate of drug-likeness (QED) is 0.0579. The number of para-hydroxylation sites is 3. The van der Waals surface area contributed by atoms with Gasteiger partial charge < -0.3 is 29.2 Å². The molecule has 3 heterocycles. The third-order valence-electron chi connectivity index (χ3n) is 9.77. The van der Waals surface area contributed by atoms with Crippen LogP contribution in [0.4, 0.5) is 0 Å². The predicted molar refractivity (Wildman–Crippen MR) is 219 cm³/mol. The van der Waals surface area contributed by atoms with Gasteiger partial charge in [-0.3, -0.25) is 14.4 Å². The molecule has 0 unspecified atom stereocenters. The summed E-state index contributed by atoms with van der Waals surface area (Å²) in [4.78, 5) is 48.5. The van der Waals surface area contributed by atoms with E-state index in [4.69, 9.17) is 14.2 Å². The van der Waals surface area contributed by atoms with Crippen molar-refractivity contribution in [3.8, 4) is 17.2 Å². The van der Waals surface area contributed by atoms with Gasteiger partial charge in [0.05, 0.1) is 19.3 Å². The zero-order chi connectivity index (χ0) is 38.3. The van der Waals surface area contributed by atoms with Gasteiger partial charge >= 0.3 is 17.9 Å². The first-order valence-corrected chi connectivity index (χ1v) is 18.6. The van der Waals surface area contributed by atoms with Gasteiger partial charge in [0.25, 0.3) is 0 Å². The van der Waals surface area contributed by atoms with E-state index in [1.807, 2.05) is 116 Å². The monoisotopic (exact) mass is 741 g/mol. The van der Waals surface area contributed by atoms with Crippen LogP contribution < -0.4 is 14.2 Å². The molecule has 0 spiro atoms. The Hall–Kier alpha value is -7.13. The molecular weight excluding hydrogens is 703 g/mol. The molecule has 0 saturated heterocycles. The number of aromatic nitrogens is 3. The number of carbonyl (C=O) groups excluding carboxylic acids is 3. The SMILES string of the molecule is O=C(CCc1c[nH]c2ccccc12)Oc1ccc(/C=C/c2cc(OC(=O)CCc3c[nH]c4ccccc34)cc(OC(=O)CCc3c[nH]c4ccccc34)c2)cc1. The van der Waals surface area contributed by atoms with Gasteiger partial charge in [0, 0.05) is 57.4 Å². The second-order valence-corrected chi connectivity index (χ2v) is 13.6. The summed E-state index contributed by atoms with van der Waals surface area (Å²) in [6.45, 7) is 0. The molecule has 5 aromatic carbocycles. The van der Waals surface area contributed by atoms with Crippen molar-refractivity contribution in [3.63, 3.8) is 0 Å². The van der Waals surface area contributed by atoms with E-state index in [9.17, 15) is 14.4 Å². The molecule has 3 N–H and O–H groups in total. The number of H-pyrrole nitrogens is 3. The highest BCUT2D eigenvalue weighted by molar-refractivity contribution is 5.86. The molecule has 8 aromatic rings. The average molecular weight is 742 g/mol. The van der Waals surface area contributed by atoms with E-state index in [2.05, 4.69) is 15.0 Å². The molecule has 0 saturated carbocycles. The van der Waals surface area contributed by atoms with E-state index >= 15 is 0 Å². The maximum absolute atomic E-state index is 13.1. The highest BCUT2D eigenvalue weighted by atomic mass is 16.5. The van der Waals surface area contributed by atoms with Crippen LogP contribution in [0.3, 0.4) is 0 Å². The van der Waals surface area contributed by atoms with Crippen molar-refractivity contribution >= 4 is 62.8 Å². The lowest BCUT2D eigenvalue weighted by molar-refractivity contribution is -0.135. The van der Waals surface area contributed by atoms with Crippen LogP contribution in [0.25, 0.3) is 44.9 Å². The number of rotatable bonds is 14. The fourth-order valence-corrected chi connectivity index (χ4v) is 6.92. The maximum atomic E-state index is 13.1. The zero-order valence-electron chi connectivity index (χ0n) is 30.5. The molecule has 0 aliphatic heterocycles. The van der Waals surface area contributed by atoms with Gasteiger partial charge in [-0.1, -0.05) is 78.9 Å². The summed E-state index contributed by atoms with van der Waals surface area (Å²) in [6, 6.07) is 36.1. The fourth-order valence-electron chi connectivity index (χ4n) is 6.92. The molecule has 0 atom stereocenters. The van der Waals surface area contributed by atoms with Crippen LogP contribution in [0.2, 0.25) is 0 Å². The second kappa shape index (κ2) is 16.5. The van der Waals surface area contributed by atoms with Crippen molar-refractivity contribution in [2.75, 3.05) is 0 Å². The van der Waals surface area contributed by atoms with Crippen LogP contribution >= 0.6 is 0 Å². The predicted octanol–water partition coefficient (Wildman–Crippen LogP) is 9.92. The summed E-state index contributed by atoms with van der Waals surface area (Å²) in [5, 5.41) is 3.25. The van der Waals surface area contributed by atoms with Gasteiger partial charge in [-0.25, -0.2) is 0 Å². The van der Waals surface area contributed by atoms with Gasteiger partial charge in [-0.15, -0.1) is 0 Å². The lowest BCUT2D eigenvalue weighted by Crippen LogP contribution is -2.11. The van der Waals surface area contributed by atoms with Crippen molar-refractivity contribution in [1.82, 2.24) is 15.0 Å². The van der Waals surface area contributed by atoms with Gasteiger partial charge in [0.15, 0.2) is 0 Å². The molecule has 278 valence electrons. The van der Waals surface area contributed by atoms with E-state index in [1.165, 1.54) is 0 Å². The summed E-state index contributed by atoms with van der Waals surface area (Å²) < 4.78 is 17.2. The summed E-state index contributed by atoms with van der Waals surface area (Å²) in [6.07, 6.45) is 11.7. The van der Waals surface area contributed by atoms with Crippen molar-refractivity contribution in [2.45, 2.75) is 38.5 Å². The molecule has 0 bridgehead atoms. The Balaban J connectivity index is 0.924. The Labute approximate surface area is 322 Å². The van der Waals surface area contributed by atoms with Gasteiger partial charge in [-0.05, 0) is 89.5 Å². The molecule has 0 aliphatic carbocycles. The third-order valence-corrected chi connectivity index (χ3v) is 9.77. The van der Waals surface area contributed by atoms with E-state index in [0.717, 1.165) is 55.0 Å². The van der Waals surface area contributed by atoms with Gasteiger partial charge in [-0.2, -0.15) is 0 Å². The van der Waals surface area contributed by atoms with Crippen LogP contribution in [0.1, 0.15) is 47.1 Å². The summed E-state index contributed by atoms with van der Waals surface area (Å²) in [7, 11) is 0. The molecule has 0 aliphatic rings.